The maximum atomic E-state index is 13.1. The van der Waals surface area contributed by atoms with Gasteiger partial charge in [0.1, 0.15) is 5.58 Å². The molecule has 3 heterocycles. The molecule has 4 rings (SSSR count). The van der Waals surface area contributed by atoms with Gasteiger partial charge in [-0.3, -0.25) is 14.9 Å². The maximum absolute atomic E-state index is 13.1. The van der Waals surface area contributed by atoms with Crippen LogP contribution >= 0.6 is 0 Å². The molecule has 2 aliphatic heterocycles. The number of morpholine rings is 1. The van der Waals surface area contributed by atoms with Gasteiger partial charge in [-0.25, -0.2) is 4.79 Å². The fraction of sp³-hybridized carbons (Fsp3) is 0.542. The summed E-state index contributed by atoms with van der Waals surface area (Å²) < 4.78 is 22.4. The molecule has 1 unspecified atom stereocenters. The summed E-state index contributed by atoms with van der Waals surface area (Å²) in [5.41, 5.74) is 0.359. The van der Waals surface area contributed by atoms with E-state index < -0.39 is 17.6 Å². The van der Waals surface area contributed by atoms with Crippen molar-refractivity contribution in [3.8, 4) is 0 Å². The molecule has 0 radical (unpaired) electrons. The highest BCUT2D eigenvalue weighted by Crippen LogP contribution is 2.36. The fourth-order valence-electron chi connectivity index (χ4n) is 4.13. The number of rotatable bonds is 4. The Labute approximate surface area is 192 Å². The molecule has 2 saturated heterocycles. The second-order valence-corrected chi connectivity index (χ2v) is 9.41. The average molecular weight is 459 g/mol. The predicted molar refractivity (Wildman–Crippen MR) is 122 cm³/mol. The Morgan fingerprint density at radius 3 is 2.55 bits per heavy atom. The Hall–Kier alpha value is -2.91. The number of anilines is 1. The van der Waals surface area contributed by atoms with Crippen LogP contribution in [0.15, 0.2) is 27.4 Å². The molecular formula is C24H30N2O7. The lowest BCUT2D eigenvalue weighted by atomic mass is 9.92. The van der Waals surface area contributed by atoms with E-state index in [1.165, 1.54) is 19.2 Å². The highest BCUT2D eigenvalue weighted by Gasteiger charge is 2.37. The molecule has 0 spiro atoms. The zero-order chi connectivity index (χ0) is 23.8. The molecule has 33 heavy (non-hydrogen) atoms. The van der Waals surface area contributed by atoms with E-state index in [4.69, 9.17) is 18.6 Å². The van der Waals surface area contributed by atoms with Gasteiger partial charge in [-0.05, 0) is 45.9 Å². The summed E-state index contributed by atoms with van der Waals surface area (Å²) in [6.07, 6.45) is 0.0398. The van der Waals surface area contributed by atoms with E-state index in [0.29, 0.717) is 56.3 Å². The summed E-state index contributed by atoms with van der Waals surface area (Å²) in [6.45, 7) is 8.31. The number of carbonyl (C=O) groups excluding carboxylic acids is 2. The van der Waals surface area contributed by atoms with Crippen LogP contribution in [0.1, 0.15) is 49.0 Å². The van der Waals surface area contributed by atoms with E-state index in [-0.39, 0.29) is 28.3 Å². The molecule has 0 amide bonds. The molecule has 2 atom stereocenters. The first-order valence-electron chi connectivity index (χ1n) is 11.2. The Morgan fingerprint density at radius 2 is 1.88 bits per heavy atom. The number of hydrogen-bond acceptors (Lipinski definition) is 9. The van der Waals surface area contributed by atoms with Crippen LogP contribution in [0.2, 0.25) is 0 Å². The van der Waals surface area contributed by atoms with E-state index in [2.05, 4.69) is 5.32 Å². The Bertz CT molecular complexity index is 1110. The number of esters is 2. The van der Waals surface area contributed by atoms with Crippen LogP contribution < -0.4 is 15.6 Å². The smallest absolute Gasteiger partial charge is 0.337 e. The lowest BCUT2D eigenvalue weighted by Crippen LogP contribution is -2.37. The van der Waals surface area contributed by atoms with E-state index >= 15 is 0 Å². The van der Waals surface area contributed by atoms with Crippen LogP contribution in [0.4, 0.5) is 5.88 Å². The number of nitrogens with zero attached hydrogens (tertiary/aromatic N) is 1. The van der Waals surface area contributed by atoms with Crippen LogP contribution in [-0.4, -0.2) is 58.1 Å². The Balaban J connectivity index is 1.83. The van der Waals surface area contributed by atoms with Crippen LogP contribution in [-0.2, 0) is 19.0 Å². The first-order valence-corrected chi connectivity index (χ1v) is 11.2. The van der Waals surface area contributed by atoms with Gasteiger partial charge in [0.15, 0.2) is 17.5 Å². The number of carbonyl (C=O) groups is 2. The van der Waals surface area contributed by atoms with Crippen LogP contribution in [0, 0.1) is 5.41 Å². The SMILES string of the molecule is COC(=O)c1cc([C@H]2CCNC2OC(=O)C(C)(C)C)c2oc(N3CCOCC3)cc(=O)c2c1. The number of nitrogens with one attached hydrogen (secondary N) is 1. The van der Waals surface area contributed by atoms with Gasteiger partial charge in [-0.15, -0.1) is 0 Å². The van der Waals surface area contributed by atoms with Gasteiger partial charge in [0.05, 0.1) is 36.7 Å². The molecule has 1 aromatic heterocycles. The maximum Gasteiger partial charge on any atom is 0.337 e. The van der Waals surface area contributed by atoms with Crippen LogP contribution in [0.25, 0.3) is 11.0 Å². The van der Waals surface area contributed by atoms with Gasteiger partial charge in [-0.2, -0.15) is 0 Å². The van der Waals surface area contributed by atoms with Gasteiger partial charge >= 0.3 is 11.9 Å². The monoisotopic (exact) mass is 458 g/mol. The second-order valence-electron chi connectivity index (χ2n) is 9.41. The lowest BCUT2D eigenvalue weighted by molar-refractivity contribution is -0.160. The standard InChI is InChI=1S/C24H30N2O7/c1-24(2,3)23(29)33-21-15(5-6-25-21)16-11-14(22(28)30-4)12-17-18(27)13-19(32-20(16)17)26-7-9-31-10-8-26/h11-13,15,21,25H,5-10H2,1-4H3/t15-,21?/m1/s1. The van der Waals surface area contributed by atoms with Gasteiger partial charge in [0.25, 0.3) is 0 Å². The molecule has 2 fully saturated rings. The number of fused-ring (bicyclic) bond motifs is 1. The molecule has 0 bridgehead atoms. The number of ether oxygens (including phenoxy) is 3. The first kappa shape index (κ1) is 23.3. The molecule has 178 valence electrons. The van der Waals surface area contributed by atoms with E-state index in [1.807, 2.05) is 4.90 Å². The van der Waals surface area contributed by atoms with Gasteiger partial charge < -0.3 is 23.5 Å². The number of hydrogen-bond donors (Lipinski definition) is 1. The normalized spacial score (nSPS) is 21.3. The van der Waals surface area contributed by atoms with Crippen molar-refractivity contribution in [1.29, 1.82) is 0 Å². The molecule has 9 heteroatoms. The fourth-order valence-corrected chi connectivity index (χ4v) is 4.13. The van der Waals surface area contributed by atoms with E-state index in [9.17, 15) is 14.4 Å². The number of benzene rings is 1. The largest absolute Gasteiger partial charge is 0.465 e. The summed E-state index contributed by atoms with van der Waals surface area (Å²) in [5.74, 6) is -0.733. The van der Waals surface area contributed by atoms with Crippen molar-refractivity contribution in [2.24, 2.45) is 5.41 Å². The second kappa shape index (κ2) is 9.15. The molecule has 0 aliphatic carbocycles. The minimum Gasteiger partial charge on any atom is -0.465 e. The van der Waals surface area contributed by atoms with Crippen molar-refractivity contribution in [1.82, 2.24) is 5.32 Å². The van der Waals surface area contributed by atoms with Crippen molar-refractivity contribution < 1.29 is 28.2 Å². The van der Waals surface area contributed by atoms with Crippen molar-refractivity contribution in [3.63, 3.8) is 0 Å². The van der Waals surface area contributed by atoms with Crippen molar-refractivity contribution in [2.45, 2.75) is 39.3 Å². The summed E-state index contributed by atoms with van der Waals surface area (Å²) in [6, 6.07) is 4.62. The van der Waals surface area contributed by atoms with E-state index in [0.717, 1.165) is 0 Å². The molecule has 1 aromatic carbocycles. The first-order chi connectivity index (χ1) is 15.7. The molecule has 9 nitrogen and oxygen atoms in total. The van der Waals surface area contributed by atoms with Gasteiger partial charge in [-0.1, -0.05) is 0 Å². The predicted octanol–water partition coefficient (Wildman–Crippen LogP) is 2.41. The quantitative estimate of drug-likeness (QED) is 0.691. The van der Waals surface area contributed by atoms with Gasteiger partial charge in [0, 0.05) is 30.6 Å². The highest BCUT2D eigenvalue weighted by atomic mass is 16.6. The number of methoxy groups -OCH3 is 1. The third kappa shape index (κ3) is 4.74. The van der Waals surface area contributed by atoms with Crippen LogP contribution in [0.5, 0.6) is 0 Å². The molecule has 0 saturated carbocycles. The zero-order valence-electron chi connectivity index (χ0n) is 19.4. The average Bonchev–Trinajstić information content (AvgIpc) is 3.25. The molecule has 2 aromatic rings. The topological polar surface area (TPSA) is 107 Å². The van der Waals surface area contributed by atoms with Crippen LogP contribution in [0.3, 0.4) is 0 Å². The molecular weight excluding hydrogens is 428 g/mol. The minimum absolute atomic E-state index is 0.249. The summed E-state index contributed by atoms with van der Waals surface area (Å²) >= 11 is 0. The van der Waals surface area contributed by atoms with E-state index in [1.54, 1.807) is 26.8 Å². The highest BCUT2D eigenvalue weighted by molar-refractivity contribution is 5.95. The third-order valence-electron chi connectivity index (χ3n) is 6.00. The van der Waals surface area contributed by atoms with Gasteiger partial charge in [0.2, 0.25) is 0 Å². The molecule has 1 N–H and O–H groups in total. The third-order valence-corrected chi connectivity index (χ3v) is 6.00. The Morgan fingerprint density at radius 1 is 1.15 bits per heavy atom. The van der Waals surface area contributed by atoms with Crippen molar-refractivity contribution in [3.05, 3.63) is 39.5 Å². The summed E-state index contributed by atoms with van der Waals surface area (Å²) in [5, 5.41) is 3.51. The summed E-state index contributed by atoms with van der Waals surface area (Å²) in [4.78, 5) is 40.0. The lowest BCUT2D eigenvalue weighted by Gasteiger charge is -2.28. The minimum atomic E-state index is -0.666. The molecule has 2 aliphatic rings. The Kier molecular flexibility index (Phi) is 6.45. The van der Waals surface area contributed by atoms with Crippen molar-refractivity contribution >= 4 is 28.8 Å². The zero-order valence-corrected chi connectivity index (χ0v) is 19.4. The summed E-state index contributed by atoms with van der Waals surface area (Å²) in [7, 11) is 1.29. The van der Waals surface area contributed by atoms with Crippen molar-refractivity contribution in [2.75, 3.05) is 44.9 Å².